The van der Waals surface area contributed by atoms with Crippen LogP contribution in [0.5, 0.6) is 0 Å². The second-order valence-electron chi connectivity index (χ2n) is 7.75. The van der Waals surface area contributed by atoms with Gasteiger partial charge in [0.15, 0.2) is 0 Å². The summed E-state index contributed by atoms with van der Waals surface area (Å²) in [6.07, 6.45) is 4.03. The molecule has 26 heavy (non-hydrogen) atoms. The maximum Gasteiger partial charge on any atom is 0.240 e. The maximum atomic E-state index is 12.8. The second kappa shape index (κ2) is 6.87. The van der Waals surface area contributed by atoms with Crippen LogP contribution >= 0.6 is 0 Å². The van der Waals surface area contributed by atoms with E-state index in [-0.39, 0.29) is 12.0 Å². The first kappa shape index (κ1) is 17.3. The Morgan fingerprint density at radius 3 is 2.62 bits per heavy atom. The lowest BCUT2D eigenvalue weighted by atomic mass is 10.1. The van der Waals surface area contributed by atoms with Crippen LogP contribution in [0, 0.1) is 0 Å². The quantitative estimate of drug-likeness (QED) is 0.909. The van der Waals surface area contributed by atoms with Gasteiger partial charge in [0.2, 0.25) is 5.91 Å². The maximum absolute atomic E-state index is 12.8. The number of aromatic amines is 1. The molecule has 1 N–H and O–H groups in total. The molecular weight excluding hydrogens is 328 g/mol. The Balaban J connectivity index is 1.50. The number of anilines is 1. The Kier molecular flexibility index (Phi) is 4.56. The lowest BCUT2D eigenvalue weighted by molar-refractivity contribution is -0.135. The first-order valence-electron chi connectivity index (χ1n) is 9.63. The summed E-state index contributed by atoms with van der Waals surface area (Å²) in [6, 6.07) is 2.12. The summed E-state index contributed by atoms with van der Waals surface area (Å²) in [6.45, 7) is 8.41. The molecule has 1 amide bonds. The normalized spacial score (nSPS) is 21.9. The third-order valence-corrected chi connectivity index (χ3v) is 5.63. The Morgan fingerprint density at radius 1 is 1.19 bits per heavy atom. The summed E-state index contributed by atoms with van der Waals surface area (Å²) in [4.78, 5) is 32.0. The second-order valence-corrected chi connectivity index (χ2v) is 7.75. The molecule has 0 bridgehead atoms. The molecule has 2 aromatic heterocycles. The number of carbonyl (C=O) groups is 1. The fourth-order valence-electron chi connectivity index (χ4n) is 4.01. The van der Waals surface area contributed by atoms with E-state index in [0.29, 0.717) is 5.91 Å². The highest BCUT2D eigenvalue weighted by molar-refractivity contribution is 5.88. The molecule has 2 fully saturated rings. The number of nitrogens with one attached hydrogen (secondary N) is 1. The van der Waals surface area contributed by atoms with E-state index in [0.717, 1.165) is 68.2 Å². The van der Waals surface area contributed by atoms with Gasteiger partial charge in [-0.25, -0.2) is 9.97 Å². The molecule has 2 aromatic rings. The van der Waals surface area contributed by atoms with Crippen molar-refractivity contribution in [2.75, 3.05) is 44.7 Å². The van der Waals surface area contributed by atoms with Crippen LogP contribution in [0.25, 0.3) is 11.0 Å². The molecule has 0 radical (unpaired) electrons. The van der Waals surface area contributed by atoms with Crippen LogP contribution in [0.2, 0.25) is 0 Å². The highest BCUT2D eigenvalue weighted by Crippen LogP contribution is 2.27. The number of likely N-dealkylation sites (tertiary alicyclic amines) is 1. The monoisotopic (exact) mass is 356 g/mol. The van der Waals surface area contributed by atoms with Gasteiger partial charge in [-0.15, -0.1) is 0 Å². The van der Waals surface area contributed by atoms with E-state index in [1.165, 1.54) is 0 Å². The van der Waals surface area contributed by atoms with Gasteiger partial charge in [-0.2, -0.15) is 0 Å². The smallest absolute Gasteiger partial charge is 0.240 e. The third kappa shape index (κ3) is 3.05. The van der Waals surface area contributed by atoms with Crippen molar-refractivity contribution >= 4 is 22.8 Å². The molecular formula is C19H28N6O. The predicted molar refractivity (Wildman–Crippen MR) is 102 cm³/mol. The summed E-state index contributed by atoms with van der Waals surface area (Å²) in [7, 11) is 2.06. The van der Waals surface area contributed by atoms with E-state index in [4.69, 9.17) is 4.98 Å². The van der Waals surface area contributed by atoms with Crippen molar-refractivity contribution in [3.8, 4) is 0 Å². The Hall–Kier alpha value is -2.15. The predicted octanol–water partition coefficient (Wildman–Crippen LogP) is 1.82. The summed E-state index contributed by atoms with van der Waals surface area (Å²) in [5, 5.41) is 1.06. The van der Waals surface area contributed by atoms with Crippen LogP contribution < -0.4 is 4.90 Å². The van der Waals surface area contributed by atoms with Crippen molar-refractivity contribution < 1.29 is 4.79 Å². The molecule has 7 nitrogen and oxygen atoms in total. The van der Waals surface area contributed by atoms with E-state index in [1.54, 1.807) is 0 Å². The molecule has 2 aliphatic rings. The van der Waals surface area contributed by atoms with Crippen molar-refractivity contribution in [3.05, 3.63) is 18.1 Å². The lowest BCUT2D eigenvalue weighted by Gasteiger charge is -2.37. The average Bonchev–Trinajstić information content (AvgIpc) is 3.29. The molecule has 4 heterocycles. The summed E-state index contributed by atoms with van der Waals surface area (Å²) in [5.74, 6) is 2.43. The van der Waals surface area contributed by atoms with Crippen LogP contribution in [0.15, 0.2) is 12.3 Å². The molecule has 4 rings (SSSR count). The van der Waals surface area contributed by atoms with Crippen molar-refractivity contribution in [3.63, 3.8) is 0 Å². The van der Waals surface area contributed by atoms with Crippen LogP contribution in [0.1, 0.15) is 38.4 Å². The molecule has 0 aromatic carbocycles. The molecule has 0 saturated carbocycles. The minimum atomic E-state index is 0.0736. The van der Waals surface area contributed by atoms with E-state index < -0.39 is 0 Å². The average molecular weight is 356 g/mol. The van der Waals surface area contributed by atoms with E-state index in [1.807, 2.05) is 17.2 Å². The minimum absolute atomic E-state index is 0.0736. The highest BCUT2D eigenvalue weighted by Gasteiger charge is 2.33. The van der Waals surface area contributed by atoms with Gasteiger partial charge in [-0.3, -0.25) is 9.69 Å². The van der Waals surface area contributed by atoms with Crippen LogP contribution in [0.4, 0.5) is 5.82 Å². The van der Waals surface area contributed by atoms with Gasteiger partial charge in [0.05, 0.1) is 11.4 Å². The number of rotatable bonds is 3. The van der Waals surface area contributed by atoms with Gasteiger partial charge >= 0.3 is 0 Å². The van der Waals surface area contributed by atoms with Gasteiger partial charge in [0.1, 0.15) is 17.3 Å². The standard InChI is InChI=1S/C19H28N6O/c1-13(2)16-21-17-14(6-7-20-17)18(22-16)24-9-11-25(12-10-24)19(26)15-5-4-8-23(15)3/h6-7,13,15H,4-5,8-12H2,1-3H3,(H,20,21,22)/t15-/m0/s1. The molecule has 0 unspecified atom stereocenters. The minimum Gasteiger partial charge on any atom is -0.352 e. The van der Waals surface area contributed by atoms with Gasteiger partial charge in [0, 0.05) is 38.3 Å². The largest absolute Gasteiger partial charge is 0.352 e. The fourth-order valence-corrected chi connectivity index (χ4v) is 4.01. The molecule has 2 saturated heterocycles. The number of nitrogens with zero attached hydrogens (tertiary/aromatic N) is 5. The molecule has 2 aliphatic heterocycles. The summed E-state index contributed by atoms with van der Waals surface area (Å²) in [5.41, 5.74) is 0.893. The van der Waals surface area contributed by atoms with Crippen molar-refractivity contribution in [2.24, 2.45) is 0 Å². The van der Waals surface area contributed by atoms with Crippen molar-refractivity contribution in [2.45, 2.75) is 38.6 Å². The number of amides is 1. The van der Waals surface area contributed by atoms with Crippen LogP contribution in [-0.2, 0) is 4.79 Å². The van der Waals surface area contributed by atoms with Crippen molar-refractivity contribution in [1.29, 1.82) is 0 Å². The number of H-pyrrole nitrogens is 1. The highest BCUT2D eigenvalue weighted by atomic mass is 16.2. The zero-order chi connectivity index (χ0) is 18.3. The Morgan fingerprint density at radius 2 is 1.96 bits per heavy atom. The van der Waals surface area contributed by atoms with Gasteiger partial charge in [-0.1, -0.05) is 13.8 Å². The first-order valence-corrected chi connectivity index (χ1v) is 9.63. The fraction of sp³-hybridized carbons (Fsp3) is 0.632. The number of carbonyl (C=O) groups excluding carboxylic acids is 1. The molecule has 0 aliphatic carbocycles. The van der Waals surface area contributed by atoms with E-state index in [9.17, 15) is 4.79 Å². The first-order chi connectivity index (χ1) is 12.5. The SMILES string of the molecule is CC(C)c1nc(N2CCN(C(=O)[C@@H]3CCCN3C)CC2)c2cc[nH]c2n1. The topological polar surface area (TPSA) is 68.4 Å². The Bertz CT molecular complexity index is 792. The van der Waals surface area contributed by atoms with Crippen molar-refractivity contribution in [1.82, 2.24) is 24.8 Å². The molecule has 140 valence electrons. The third-order valence-electron chi connectivity index (χ3n) is 5.63. The number of likely N-dealkylation sites (N-methyl/N-ethyl adjacent to an activating group) is 1. The lowest BCUT2D eigenvalue weighted by Crippen LogP contribution is -2.53. The number of hydrogen-bond acceptors (Lipinski definition) is 5. The number of fused-ring (bicyclic) bond motifs is 1. The summed E-state index contributed by atoms with van der Waals surface area (Å²) >= 11 is 0. The summed E-state index contributed by atoms with van der Waals surface area (Å²) < 4.78 is 0. The number of piperazine rings is 1. The van der Waals surface area contributed by atoms with E-state index in [2.05, 4.69) is 40.7 Å². The zero-order valence-electron chi connectivity index (χ0n) is 15.9. The van der Waals surface area contributed by atoms with Gasteiger partial charge in [-0.05, 0) is 32.5 Å². The molecule has 1 atom stereocenters. The van der Waals surface area contributed by atoms with Crippen LogP contribution in [0.3, 0.4) is 0 Å². The van der Waals surface area contributed by atoms with Gasteiger partial charge < -0.3 is 14.8 Å². The van der Waals surface area contributed by atoms with E-state index >= 15 is 0 Å². The number of aromatic nitrogens is 3. The molecule has 0 spiro atoms. The van der Waals surface area contributed by atoms with Crippen LogP contribution in [-0.4, -0.2) is 76.5 Å². The Labute approximate surface area is 154 Å². The zero-order valence-corrected chi connectivity index (χ0v) is 15.9. The number of hydrogen-bond donors (Lipinski definition) is 1. The molecule has 7 heteroatoms. The van der Waals surface area contributed by atoms with Gasteiger partial charge in [0.25, 0.3) is 0 Å².